The second-order valence-electron chi connectivity index (χ2n) is 1.41. The zero-order valence-electron chi connectivity index (χ0n) is 4.59. The summed E-state index contributed by atoms with van der Waals surface area (Å²) in [6.07, 6.45) is 1.14. The molecule has 0 aliphatic carbocycles. The molecule has 0 N–H and O–H groups in total. The number of hydrogen-bond donors (Lipinski definition) is 0. The van der Waals surface area contributed by atoms with Crippen molar-refractivity contribution in [1.29, 1.82) is 5.00 Å². The van der Waals surface area contributed by atoms with E-state index in [0.29, 0.717) is 0 Å². The fourth-order valence-corrected chi connectivity index (χ4v) is 0.465. The van der Waals surface area contributed by atoms with Crippen molar-refractivity contribution >= 4 is 8.44 Å². The van der Waals surface area contributed by atoms with E-state index in [9.17, 15) is 0 Å². The molecule has 0 rings (SSSR count). The Morgan fingerprint density at radius 2 is 2.43 bits per heavy atom. The molecule has 0 saturated carbocycles. The molecule has 0 amide bonds. The van der Waals surface area contributed by atoms with E-state index in [1.54, 1.807) is 0 Å². The molecule has 0 aromatic heterocycles. The number of nitrogens with zero attached hydrogens (tertiary/aromatic N) is 1. The second kappa shape index (κ2) is 4.26. The van der Waals surface area contributed by atoms with Gasteiger partial charge in [-0.3, -0.25) is 0 Å². The second-order valence-corrected chi connectivity index (χ2v) is 1.78. The van der Waals surface area contributed by atoms with Crippen molar-refractivity contribution in [3.05, 3.63) is 0 Å². The molecular formula is C4H9NOP. The predicted molar refractivity (Wildman–Crippen MR) is 29.5 cm³/mol. The van der Waals surface area contributed by atoms with Crippen molar-refractivity contribution in [2.75, 3.05) is 0 Å². The molecule has 0 spiro atoms. The van der Waals surface area contributed by atoms with Crippen LogP contribution in [0.5, 0.6) is 0 Å². The van der Waals surface area contributed by atoms with Gasteiger partial charge in [0.15, 0.2) is 0 Å². The third-order valence-corrected chi connectivity index (χ3v) is 1.26. The summed E-state index contributed by atoms with van der Waals surface area (Å²) in [5, 5.41) is 8.12. The van der Waals surface area contributed by atoms with Gasteiger partial charge in [0.2, 0.25) is 0 Å². The molecule has 2 nitrogen and oxygen atoms in total. The van der Waals surface area contributed by atoms with Gasteiger partial charge in [0.1, 0.15) is 0 Å². The predicted octanol–water partition coefficient (Wildman–Crippen LogP) is 2.14. The first-order valence-electron chi connectivity index (χ1n) is 2.31. The molecule has 0 fully saturated rings. The Hall–Kier alpha value is 0.100. The van der Waals surface area contributed by atoms with E-state index < -0.39 is 0 Å². The van der Waals surface area contributed by atoms with Crippen LogP contribution in [-0.4, -0.2) is 6.10 Å². The van der Waals surface area contributed by atoms with Gasteiger partial charge >= 0.3 is 44.3 Å². The Morgan fingerprint density at radius 1 is 1.86 bits per heavy atom. The standard InChI is InChI=1S/C4H9NOP/c1-3-4(2)6-7-5/h4H,3H2,1-2H3. The molecule has 0 aliphatic heterocycles. The van der Waals surface area contributed by atoms with E-state index in [1.807, 2.05) is 13.8 Å². The van der Waals surface area contributed by atoms with Crippen LogP contribution in [-0.2, 0) is 4.52 Å². The van der Waals surface area contributed by atoms with Crippen LogP contribution in [0.25, 0.3) is 0 Å². The number of hydrogen-bond acceptors (Lipinski definition) is 2. The van der Waals surface area contributed by atoms with E-state index in [1.165, 1.54) is 0 Å². The van der Waals surface area contributed by atoms with Crippen LogP contribution in [0.1, 0.15) is 20.3 Å². The molecule has 3 heteroatoms. The van der Waals surface area contributed by atoms with Gasteiger partial charge in [0.25, 0.3) is 0 Å². The van der Waals surface area contributed by atoms with E-state index in [-0.39, 0.29) is 14.5 Å². The first kappa shape index (κ1) is 7.10. The molecule has 0 aliphatic rings. The summed E-state index contributed by atoms with van der Waals surface area (Å²) < 4.78 is 4.72. The summed E-state index contributed by atoms with van der Waals surface area (Å²) in [6.45, 7) is 3.93. The Kier molecular flexibility index (Phi) is 4.32. The molecule has 0 aromatic carbocycles. The van der Waals surface area contributed by atoms with Crippen molar-refractivity contribution in [3.8, 4) is 0 Å². The Morgan fingerprint density at radius 3 is 2.57 bits per heavy atom. The maximum atomic E-state index is 8.12. The summed E-state index contributed by atoms with van der Waals surface area (Å²) in [5.41, 5.74) is 0. The fourth-order valence-electron chi connectivity index (χ4n) is 0.155. The van der Waals surface area contributed by atoms with Crippen LogP contribution >= 0.6 is 8.44 Å². The van der Waals surface area contributed by atoms with E-state index in [4.69, 9.17) is 9.53 Å². The van der Waals surface area contributed by atoms with Gasteiger partial charge in [-0.05, 0) is 0 Å². The summed E-state index contributed by atoms with van der Waals surface area (Å²) in [7, 11) is 0.0396. The van der Waals surface area contributed by atoms with Gasteiger partial charge in [-0.2, -0.15) is 0 Å². The van der Waals surface area contributed by atoms with Crippen molar-refractivity contribution in [1.82, 2.24) is 0 Å². The first-order chi connectivity index (χ1) is 3.31. The van der Waals surface area contributed by atoms with Crippen molar-refractivity contribution < 1.29 is 4.52 Å². The quantitative estimate of drug-likeness (QED) is 0.520. The summed E-state index contributed by atoms with van der Waals surface area (Å²) in [4.78, 5) is 0. The van der Waals surface area contributed by atoms with Gasteiger partial charge in [0, 0.05) is 0 Å². The van der Waals surface area contributed by atoms with Gasteiger partial charge in [0.05, 0.1) is 0 Å². The van der Waals surface area contributed by atoms with Crippen LogP contribution in [0, 0.1) is 5.00 Å². The van der Waals surface area contributed by atoms with Crippen LogP contribution < -0.4 is 0 Å². The number of rotatable bonds is 2. The summed E-state index contributed by atoms with van der Waals surface area (Å²) in [5.74, 6) is 0. The Bertz CT molecular complexity index is 78.2. The fraction of sp³-hybridized carbons (Fsp3) is 1.00. The van der Waals surface area contributed by atoms with Gasteiger partial charge in [-0.1, -0.05) is 0 Å². The molecule has 7 heavy (non-hydrogen) atoms. The van der Waals surface area contributed by atoms with Crippen molar-refractivity contribution in [2.45, 2.75) is 26.4 Å². The molecule has 1 atom stereocenters. The molecule has 1 radical (unpaired) electrons. The molecule has 0 bridgehead atoms. The molecule has 1 unspecified atom stereocenters. The van der Waals surface area contributed by atoms with Gasteiger partial charge in [-0.25, -0.2) is 0 Å². The molecule has 0 saturated heterocycles. The van der Waals surface area contributed by atoms with Gasteiger partial charge < -0.3 is 0 Å². The van der Waals surface area contributed by atoms with E-state index >= 15 is 0 Å². The molecule has 41 valence electrons. The molecular weight excluding hydrogens is 109 g/mol. The van der Waals surface area contributed by atoms with Gasteiger partial charge in [-0.15, -0.1) is 0 Å². The minimum atomic E-state index is 0.0396. The maximum absolute atomic E-state index is 8.12. The topological polar surface area (TPSA) is 33.0 Å². The van der Waals surface area contributed by atoms with Crippen LogP contribution in [0.15, 0.2) is 0 Å². The first-order valence-corrected chi connectivity index (χ1v) is 3.08. The Labute approximate surface area is 45.3 Å². The van der Waals surface area contributed by atoms with Crippen molar-refractivity contribution in [3.63, 3.8) is 0 Å². The van der Waals surface area contributed by atoms with Crippen LogP contribution in [0.2, 0.25) is 0 Å². The average Bonchev–Trinajstić information content (AvgIpc) is 1.68. The molecule has 0 heterocycles. The van der Waals surface area contributed by atoms with E-state index in [0.717, 1.165) is 6.42 Å². The Balaban J connectivity index is 3.03. The third-order valence-electron chi connectivity index (χ3n) is 0.802. The third kappa shape index (κ3) is 3.94. The average molecular weight is 118 g/mol. The van der Waals surface area contributed by atoms with E-state index in [2.05, 4.69) is 0 Å². The summed E-state index contributed by atoms with van der Waals surface area (Å²) in [6, 6.07) is 0. The van der Waals surface area contributed by atoms with Crippen LogP contribution in [0.4, 0.5) is 0 Å². The minimum absolute atomic E-state index is 0.0396. The summed E-state index contributed by atoms with van der Waals surface area (Å²) >= 11 is 0. The molecule has 0 aromatic rings. The monoisotopic (exact) mass is 118 g/mol. The normalized spacial score (nSPS) is 13.3. The SMILES string of the molecule is CCC(C)O[P]#N. The zero-order chi connectivity index (χ0) is 5.70. The van der Waals surface area contributed by atoms with Crippen molar-refractivity contribution in [2.24, 2.45) is 0 Å². The zero-order valence-corrected chi connectivity index (χ0v) is 5.48. The van der Waals surface area contributed by atoms with Crippen LogP contribution in [0.3, 0.4) is 0 Å².